The number of nitrogens with two attached hydrogens (primary N) is 1. The fraction of sp³-hybridized carbons (Fsp3) is 0.314. The number of carbonyl (C=O) groups is 5. The predicted octanol–water partition coefficient (Wildman–Crippen LogP) is -3.46. The number of anilines is 2. The molecule has 25 nitrogen and oxygen atoms in total. The number of nitrogens with zero attached hydrogens (tertiary/aromatic N) is 8. The van der Waals surface area contributed by atoms with Gasteiger partial charge in [0.1, 0.15) is 33.7 Å². The number of halogens is 1. The van der Waals surface area contributed by atoms with Crippen molar-refractivity contribution in [1.29, 1.82) is 0 Å². The van der Waals surface area contributed by atoms with Crippen LogP contribution in [0.4, 0.5) is 16.2 Å². The zero-order chi connectivity index (χ0) is 57.9. The molecule has 0 atom stereocenters. The Balaban J connectivity index is 0.000000982. The van der Waals surface area contributed by atoms with E-state index in [1.54, 1.807) is 85.8 Å². The van der Waals surface area contributed by atoms with Gasteiger partial charge in [-0.1, -0.05) is 68.1 Å². The topological polar surface area (TPSA) is 340 Å². The molecule has 3 aromatic carbocycles. The number of nitrogen functional groups attached to an aromatic ring is 1. The number of nitrogens with one attached hydrogen (secondary N) is 2. The molecule has 0 spiro atoms. The molecule has 80 heavy (non-hydrogen) atoms. The quantitative estimate of drug-likeness (QED) is 0.0194. The Labute approximate surface area is 512 Å². The summed E-state index contributed by atoms with van der Waals surface area (Å²) in [4.78, 5) is 99.0. The number of fused-ring (bicyclic) bond motifs is 1. The van der Waals surface area contributed by atoms with Crippen molar-refractivity contribution in [3.8, 4) is 11.4 Å². The van der Waals surface area contributed by atoms with E-state index in [1.807, 2.05) is 6.07 Å². The van der Waals surface area contributed by atoms with Crippen molar-refractivity contribution in [2.45, 2.75) is 33.6 Å². The van der Waals surface area contributed by atoms with Gasteiger partial charge >= 0.3 is 82.8 Å². The van der Waals surface area contributed by atoms with Crippen LogP contribution in [0.1, 0.15) is 53.1 Å². The molecule has 29 heteroatoms. The van der Waals surface area contributed by atoms with Crippen molar-refractivity contribution < 1.29 is 111 Å². The molecule has 422 valence electrons. The second-order valence-corrected chi connectivity index (χ2v) is 18.3. The Morgan fingerprint density at radius 1 is 0.838 bits per heavy atom. The summed E-state index contributed by atoms with van der Waals surface area (Å²) in [7, 11) is 3.43. The Hall–Kier alpha value is -6.59. The second-order valence-electron chi connectivity index (χ2n) is 16.9. The van der Waals surface area contributed by atoms with Crippen molar-refractivity contribution in [2.24, 2.45) is 33.6 Å². The predicted molar refractivity (Wildman–Crippen MR) is 293 cm³/mol. The van der Waals surface area contributed by atoms with Gasteiger partial charge in [-0.2, -0.15) is 0 Å². The Bertz CT molecular complexity index is 3360. The van der Waals surface area contributed by atoms with Crippen molar-refractivity contribution >= 4 is 74.8 Å². The van der Waals surface area contributed by atoms with Gasteiger partial charge in [-0.05, 0) is 75.3 Å². The van der Waals surface area contributed by atoms with Gasteiger partial charge < -0.3 is 39.6 Å². The number of para-hydroxylation sites is 2. The Morgan fingerprint density at radius 3 is 1.84 bits per heavy atom. The number of amides is 4. The number of carboxylic acid groups (broad SMARTS) is 1. The fourth-order valence-electron chi connectivity index (χ4n) is 7.45. The number of carboxylic acids is 1. The number of carbonyl (C=O) groups excluding carboxylic acids is 4. The van der Waals surface area contributed by atoms with E-state index >= 15 is 0 Å². The van der Waals surface area contributed by atoms with Gasteiger partial charge in [-0.15, -0.1) is 25.6 Å². The number of aromatic nitrogens is 6. The molecule has 1 aliphatic heterocycles. The molecule has 4 heterocycles. The van der Waals surface area contributed by atoms with E-state index in [4.69, 9.17) is 15.6 Å². The first-order chi connectivity index (χ1) is 36.2. The van der Waals surface area contributed by atoms with Gasteiger partial charge in [0.2, 0.25) is 11.8 Å². The number of benzene rings is 3. The number of imidazole rings is 1. The Morgan fingerprint density at radius 2 is 1.36 bits per heavy atom. The first kappa shape index (κ1) is 73.4. The minimum Gasteiger partial charge on any atom is -0.872 e. The number of likely N-dealkylation sites (N-methyl/N-ethyl adjacent to an activating group) is 1. The summed E-state index contributed by atoms with van der Waals surface area (Å²) in [6.07, 6.45) is 4.80. The van der Waals surface area contributed by atoms with Gasteiger partial charge in [0.15, 0.2) is 11.2 Å². The summed E-state index contributed by atoms with van der Waals surface area (Å²) < 4.78 is 44.9. The average molecular weight is 1170 g/mol. The fourth-order valence-corrected chi connectivity index (χ4v) is 8.05. The van der Waals surface area contributed by atoms with E-state index in [1.165, 1.54) is 71.0 Å². The summed E-state index contributed by atoms with van der Waals surface area (Å²) in [5.74, 6) is -3.87. The van der Waals surface area contributed by atoms with Crippen LogP contribution in [-0.2, 0) is 52.6 Å². The van der Waals surface area contributed by atoms with Crippen molar-refractivity contribution in [3.05, 3.63) is 159 Å². The maximum atomic E-state index is 12.5. The van der Waals surface area contributed by atoms with Crippen LogP contribution in [0.25, 0.3) is 16.9 Å². The van der Waals surface area contributed by atoms with Crippen LogP contribution < -0.4 is 102 Å². The number of hydrogen-bond donors (Lipinski definition) is 4. The smallest absolute Gasteiger partial charge is 0.872 e. The second kappa shape index (κ2) is 33.9. The van der Waals surface area contributed by atoms with Crippen LogP contribution in [0.15, 0.2) is 125 Å². The number of aromatic carboxylic acids is 1. The van der Waals surface area contributed by atoms with E-state index in [9.17, 15) is 56.4 Å². The van der Waals surface area contributed by atoms with Crippen molar-refractivity contribution in [1.82, 2.24) is 43.6 Å². The molecule has 3 aromatic heterocycles. The molecule has 0 radical (unpaired) electrons. The third-order valence-corrected chi connectivity index (χ3v) is 12.4. The number of barbiturate groups is 1. The molecule has 1 saturated heterocycles. The normalized spacial score (nSPS) is 11.9. The zero-order valence-electron chi connectivity index (χ0n) is 46.3. The van der Waals surface area contributed by atoms with Gasteiger partial charge in [-0.25, -0.2) is 37.3 Å². The van der Waals surface area contributed by atoms with E-state index in [0.717, 1.165) is 24.2 Å². The van der Waals surface area contributed by atoms with E-state index in [0.29, 0.717) is 40.4 Å². The van der Waals surface area contributed by atoms with Crippen molar-refractivity contribution in [3.63, 3.8) is 0 Å². The summed E-state index contributed by atoms with van der Waals surface area (Å²) in [6, 6.07) is 20.5. The number of aryl methyl sites for hydroxylation is 2. The molecule has 6 aromatic rings. The minimum absolute atomic E-state index is 0. The number of allylic oxidation sites excluding steroid dienone is 2. The van der Waals surface area contributed by atoms with Gasteiger partial charge in [-0.3, -0.25) is 43.6 Å². The third-order valence-electron chi connectivity index (χ3n) is 11.7. The van der Waals surface area contributed by atoms with Gasteiger partial charge in [0.05, 0.1) is 28.8 Å². The zero-order valence-corrected chi connectivity index (χ0v) is 52.0. The minimum atomic E-state index is -4.45. The molecular formula is C51H64ClN11Na2O14S. The van der Waals surface area contributed by atoms with E-state index in [-0.39, 0.29) is 118 Å². The largest absolute Gasteiger partial charge is 1.00 e. The number of rotatable bonds is 15. The van der Waals surface area contributed by atoms with Crippen LogP contribution in [0, 0.1) is 12.3 Å². The van der Waals surface area contributed by atoms with Crippen LogP contribution in [-0.4, -0.2) is 120 Å². The summed E-state index contributed by atoms with van der Waals surface area (Å²) in [5, 5.41) is 23.2. The summed E-state index contributed by atoms with van der Waals surface area (Å²) in [6.45, 7) is 16.0. The molecule has 0 unspecified atom stereocenters. The van der Waals surface area contributed by atoms with Crippen LogP contribution in [0.3, 0.4) is 0 Å². The maximum Gasteiger partial charge on any atom is 1.00 e. The monoisotopic (exact) mass is 1170 g/mol. The maximum absolute atomic E-state index is 12.5. The number of hydrogen-bond acceptors (Lipinski definition) is 17. The molecule has 0 bridgehead atoms. The van der Waals surface area contributed by atoms with Gasteiger partial charge in [0.25, 0.3) is 11.1 Å². The van der Waals surface area contributed by atoms with E-state index < -0.39 is 51.0 Å². The average Bonchev–Trinajstić information content (AvgIpc) is 3.88. The summed E-state index contributed by atoms with van der Waals surface area (Å²) in [5.41, 5.74) is 6.52. The molecule has 7 rings (SSSR count). The van der Waals surface area contributed by atoms with Crippen LogP contribution >= 0.6 is 12.4 Å². The van der Waals surface area contributed by atoms with Crippen LogP contribution in [0.2, 0.25) is 0 Å². The van der Waals surface area contributed by atoms with Crippen LogP contribution in [0.5, 0.6) is 5.75 Å². The van der Waals surface area contributed by atoms with Crippen molar-refractivity contribution in [2.75, 3.05) is 49.8 Å². The number of esters is 1. The number of urea groups is 1. The number of imide groups is 2. The first-order valence-corrected chi connectivity index (χ1v) is 25.0. The SMILES string of the molecule is C=CCC1(CC=C)C(=O)NC(=O)NC1=O.CCN(CC)CCOC(=O)c1ccc(N)cc1.Cc1c(N(C)CS(=O)(=O)[O-])c(=O)n(-c2ccccc2)n1C.Cl.Cn1c(=O)c2c(ncn2C)n(C)c1=O.O=C(O)c1ccccc1[O-].[Na+].[Na+]. The van der Waals surface area contributed by atoms with E-state index in [2.05, 4.69) is 47.5 Å². The molecule has 5 N–H and O–H groups in total. The molecule has 0 aliphatic carbocycles. The number of ether oxygens (including phenoxy) is 1. The third kappa shape index (κ3) is 19.6. The first-order valence-electron chi connectivity index (χ1n) is 23.4. The molecule has 1 fully saturated rings. The molecular weight excluding hydrogens is 1100 g/mol. The summed E-state index contributed by atoms with van der Waals surface area (Å²) >= 11 is 0. The Kier molecular flexibility index (Phi) is 31.1. The molecule has 0 saturated carbocycles. The molecule has 4 amide bonds. The van der Waals surface area contributed by atoms with Gasteiger partial charge in [0, 0.05) is 47.5 Å². The molecule has 1 aliphatic rings. The standard InChI is InChI=1S/C13H17N3O4S.C13H20N2O2.C10H12N2O3.C8H10N4O2.C7H6O3.ClH.2Na/c1-10-12(14(2)9-21(18,19)20)13(17)16(15(10)3)11-7-5-4-6-8-11;1-3-15(4-2)9-10-17-13(16)11-5-7-12(14)8-6-11;1-3-5-10(6-4-2)7(13)11-9(15)12-8(10)14;1-10-4-9-6-5(10)7(13)12(3)8(14)11(6)2;8-6-4-2-1-3-5(6)7(9)10;;;/h4-8H,9H2,1-3H3,(H,18,19,20);5-8H,3-4,9-10,14H2,1-2H3;3-4H,1-2,5-6H2,(H2,11,12,13,14,15);4H,1-3H3;1-4,8H,(H,9,10);1H;;/q;;;;;;2*+1/p-2.